The van der Waals surface area contributed by atoms with Gasteiger partial charge in [0.15, 0.2) is 0 Å². The van der Waals surface area contributed by atoms with Gasteiger partial charge in [-0.15, -0.1) is 0 Å². The van der Waals surface area contributed by atoms with Crippen LogP contribution in [0.5, 0.6) is 0 Å². The first-order valence-corrected chi connectivity index (χ1v) is 6.03. The van der Waals surface area contributed by atoms with Gasteiger partial charge in [0.1, 0.15) is 5.69 Å². The number of methoxy groups -OCH3 is 2. The van der Waals surface area contributed by atoms with Crippen LogP contribution in [0.4, 0.5) is 0 Å². The number of aromatic nitrogens is 2. The molecule has 106 valence electrons. The van der Waals surface area contributed by atoms with Crippen molar-refractivity contribution in [1.82, 2.24) is 15.1 Å². The van der Waals surface area contributed by atoms with E-state index in [9.17, 15) is 9.59 Å². The fourth-order valence-corrected chi connectivity index (χ4v) is 1.42. The fraction of sp³-hybridized carbons (Fsp3) is 0.583. The van der Waals surface area contributed by atoms with Crippen molar-refractivity contribution in [3.05, 3.63) is 28.2 Å². The van der Waals surface area contributed by atoms with Crippen molar-refractivity contribution >= 4 is 5.91 Å². The summed E-state index contributed by atoms with van der Waals surface area (Å²) in [4.78, 5) is 23.3. The number of nitrogens with one attached hydrogen (secondary N) is 1. The second-order valence-electron chi connectivity index (χ2n) is 3.88. The van der Waals surface area contributed by atoms with E-state index >= 15 is 0 Å². The van der Waals surface area contributed by atoms with E-state index in [1.165, 1.54) is 23.9 Å². The zero-order valence-corrected chi connectivity index (χ0v) is 11.2. The van der Waals surface area contributed by atoms with Crippen molar-refractivity contribution in [2.45, 2.75) is 13.0 Å². The lowest BCUT2D eigenvalue weighted by molar-refractivity contribution is 0.0940. The zero-order chi connectivity index (χ0) is 14.1. The lowest BCUT2D eigenvalue weighted by Crippen LogP contribution is -2.31. The summed E-state index contributed by atoms with van der Waals surface area (Å²) in [6.07, 6.45) is 0.728. The molecule has 0 aliphatic rings. The molecule has 7 nitrogen and oxygen atoms in total. The minimum Gasteiger partial charge on any atom is -0.385 e. The standard InChI is InChI=1S/C12H19N3O4/c1-18-8-3-6-13-12(17)10-4-5-11(16)15(14-10)7-9-19-2/h4-5H,3,6-9H2,1-2H3,(H,13,17). The Bertz CT molecular complexity index is 459. The molecule has 0 saturated carbocycles. The molecule has 7 heteroatoms. The number of hydrogen-bond acceptors (Lipinski definition) is 5. The topological polar surface area (TPSA) is 82.5 Å². The molecule has 0 bridgehead atoms. The summed E-state index contributed by atoms with van der Waals surface area (Å²) in [5.74, 6) is -0.303. The maximum atomic E-state index is 11.8. The van der Waals surface area contributed by atoms with Gasteiger partial charge < -0.3 is 14.8 Å². The van der Waals surface area contributed by atoms with Crippen LogP contribution in [0, 0.1) is 0 Å². The summed E-state index contributed by atoms with van der Waals surface area (Å²) in [5, 5.41) is 6.70. The lowest BCUT2D eigenvalue weighted by Gasteiger charge is -2.07. The molecule has 0 saturated heterocycles. The Balaban J connectivity index is 2.61. The Morgan fingerprint density at radius 2 is 2.05 bits per heavy atom. The van der Waals surface area contributed by atoms with Gasteiger partial charge in [0.25, 0.3) is 11.5 Å². The third kappa shape index (κ3) is 5.19. The lowest BCUT2D eigenvalue weighted by atomic mass is 10.3. The summed E-state index contributed by atoms with van der Waals surface area (Å²) in [5.41, 5.74) is -0.0406. The molecule has 1 aromatic rings. The van der Waals surface area contributed by atoms with Crippen LogP contribution in [0.1, 0.15) is 16.9 Å². The van der Waals surface area contributed by atoms with E-state index in [-0.39, 0.29) is 17.2 Å². The Hall–Kier alpha value is -1.73. The number of hydrogen-bond donors (Lipinski definition) is 1. The fourth-order valence-electron chi connectivity index (χ4n) is 1.42. The highest BCUT2D eigenvalue weighted by molar-refractivity contribution is 5.91. The van der Waals surface area contributed by atoms with Gasteiger partial charge in [0.05, 0.1) is 13.2 Å². The average Bonchev–Trinajstić information content (AvgIpc) is 2.42. The predicted octanol–water partition coefficient (Wildman–Crippen LogP) is -0.344. The third-order valence-corrected chi connectivity index (χ3v) is 2.42. The third-order valence-electron chi connectivity index (χ3n) is 2.42. The van der Waals surface area contributed by atoms with Crippen molar-refractivity contribution < 1.29 is 14.3 Å². The minimum absolute atomic E-state index is 0.216. The predicted molar refractivity (Wildman–Crippen MR) is 69.2 cm³/mol. The number of carbonyl (C=O) groups excluding carboxylic acids is 1. The van der Waals surface area contributed by atoms with Crippen molar-refractivity contribution in [2.75, 3.05) is 34.0 Å². The summed E-state index contributed by atoms with van der Waals surface area (Å²) >= 11 is 0. The summed E-state index contributed by atoms with van der Waals surface area (Å²) in [6, 6.07) is 2.74. The van der Waals surface area contributed by atoms with Crippen LogP contribution in [0.15, 0.2) is 16.9 Å². The van der Waals surface area contributed by atoms with Crippen molar-refractivity contribution in [3.63, 3.8) is 0 Å². The molecule has 0 unspecified atom stereocenters. The van der Waals surface area contributed by atoms with E-state index < -0.39 is 0 Å². The van der Waals surface area contributed by atoms with Crippen LogP contribution >= 0.6 is 0 Å². The highest BCUT2D eigenvalue weighted by Gasteiger charge is 2.08. The summed E-state index contributed by atoms with van der Waals surface area (Å²) in [7, 11) is 3.15. The largest absolute Gasteiger partial charge is 0.385 e. The van der Waals surface area contributed by atoms with E-state index in [4.69, 9.17) is 9.47 Å². The quantitative estimate of drug-likeness (QED) is 0.653. The molecule has 1 heterocycles. The van der Waals surface area contributed by atoms with E-state index in [1.807, 2.05) is 0 Å². The minimum atomic E-state index is -0.303. The molecule has 0 atom stereocenters. The monoisotopic (exact) mass is 269 g/mol. The molecule has 1 amide bonds. The van der Waals surface area contributed by atoms with Gasteiger partial charge in [-0.25, -0.2) is 4.68 Å². The van der Waals surface area contributed by atoms with Gasteiger partial charge in [-0.05, 0) is 12.5 Å². The van der Waals surface area contributed by atoms with Gasteiger partial charge >= 0.3 is 0 Å². The van der Waals surface area contributed by atoms with Crippen molar-refractivity contribution in [2.24, 2.45) is 0 Å². The highest BCUT2D eigenvalue weighted by Crippen LogP contribution is 1.91. The molecule has 0 aliphatic carbocycles. The number of ether oxygens (including phenoxy) is 2. The van der Waals surface area contributed by atoms with Gasteiger partial charge in [0, 0.05) is 33.4 Å². The Morgan fingerprint density at radius 1 is 1.32 bits per heavy atom. The number of rotatable bonds is 8. The van der Waals surface area contributed by atoms with Crippen LogP contribution in [0.3, 0.4) is 0 Å². The second kappa shape index (κ2) is 8.39. The number of amides is 1. The van der Waals surface area contributed by atoms with Gasteiger partial charge in [0.2, 0.25) is 0 Å². The molecular formula is C12H19N3O4. The maximum Gasteiger partial charge on any atom is 0.271 e. The molecular weight excluding hydrogens is 250 g/mol. The molecule has 1 aromatic heterocycles. The van der Waals surface area contributed by atoms with Crippen LogP contribution in [0.25, 0.3) is 0 Å². The molecule has 0 spiro atoms. The zero-order valence-electron chi connectivity index (χ0n) is 11.2. The summed E-state index contributed by atoms with van der Waals surface area (Å²) in [6.45, 7) is 1.78. The van der Waals surface area contributed by atoms with E-state index in [2.05, 4.69) is 10.4 Å². The normalized spacial score (nSPS) is 10.4. The Kier molecular flexibility index (Phi) is 6.76. The molecule has 1 rings (SSSR count). The van der Waals surface area contributed by atoms with E-state index in [1.54, 1.807) is 7.11 Å². The first kappa shape index (κ1) is 15.3. The molecule has 1 N–H and O–H groups in total. The summed E-state index contributed by atoms with van der Waals surface area (Å²) < 4.78 is 11.0. The smallest absolute Gasteiger partial charge is 0.271 e. The van der Waals surface area contributed by atoms with Gasteiger partial charge in [-0.2, -0.15) is 5.10 Å². The Labute approximate surface area is 111 Å². The molecule has 0 radical (unpaired) electrons. The molecule has 0 aromatic carbocycles. The highest BCUT2D eigenvalue weighted by atomic mass is 16.5. The van der Waals surface area contributed by atoms with E-state index in [0.29, 0.717) is 26.3 Å². The van der Waals surface area contributed by atoms with Crippen LogP contribution in [-0.2, 0) is 16.0 Å². The molecule has 0 aliphatic heterocycles. The SMILES string of the molecule is COCCCNC(=O)c1ccc(=O)n(CCOC)n1. The maximum absolute atomic E-state index is 11.8. The second-order valence-corrected chi connectivity index (χ2v) is 3.88. The number of carbonyl (C=O) groups is 1. The average molecular weight is 269 g/mol. The van der Waals surface area contributed by atoms with Gasteiger partial charge in [-0.3, -0.25) is 9.59 Å². The van der Waals surface area contributed by atoms with Crippen LogP contribution in [-0.4, -0.2) is 49.7 Å². The number of nitrogens with zero attached hydrogens (tertiary/aromatic N) is 2. The van der Waals surface area contributed by atoms with Crippen molar-refractivity contribution in [1.29, 1.82) is 0 Å². The van der Waals surface area contributed by atoms with Crippen LogP contribution < -0.4 is 10.9 Å². The first-order chi connectivity index (χ1) is 9.19. The molecule has 19 heavy (non-hydrogen) atoms. The van der Waals surface area contributed by atoms with Crippen LogP contribution in [0.2, 0.25) is 0 Å². The van der Waals surface area contributed by atoms with Gasteiger partial charge in [-0.1, -0.05) is 0 Å². The molecule has 0 fully saturated rings. The van der Waals surface area contributed by atoms with Crippen molar-refractivity contribution in [3.8, 4) is 0 Å². The van der Waals surface area contributed by atoms with E-state index in [0.717, 1.165) is 6.42 Å². The first-order valence-electron chi connectivity index (χ1n) is 6.03. The Morgan fingerprint density at radius 3 is 2.74 bits per heavy atom.